The van der Waals surface area contributed by atoms with Gasteiger partial charge < -0.3 is 18.6 Å². The number of fused-ring (bicyclic) bond motifs is 1. The average Bonchev–Trinajstić information content (AvgIpc) is 2.81. The first-order chi connectivity index (χ1) is 15.2. The fourth-order valence-corrected chi connectivity index (χ4v) is 3.04. The summed E-state index contributed by atoms with van der Waals surface area (Å²) in [6.07, 6.45) is 1.26. The van der Waals surface area contributed by atoms with Gasteiger partial charge in [0.1, 0.15) is 17.6 Å². The Bertz CT molecular complexity index is 1260. The lowest BCUT2D eigenvalue weighted by atomic mass is 10.1. The second-order valence-corrected chi connectivity index (χ2v) is 6.65. The van der Waals surface area contributed by atoms with E-state index in [1.54, 1.807) is 60.7 Å². The van der Waals surface area contributed by atoms with Crippen LogP contribution >= 0.6 is 0 Å². The van der Waals surface area contributed by atoms with E-state index < -0.39 is 0 Å². The van der Waals surface area contributed by atoms with Crippen LogP contribution in [-0.2, 0) is 0 Å². The smallest absolute Gasteiger partial charge is 0.235 e. The van der Waals surface area contributed by atoms with Crippen LogP contribution in [-0.4, -0.2) is 19.0 Å². The van der Waals surface area contributed by atoms with Crippen molar-refractivity contribution < 1.29 is 23.4 Å². The van der Waals surface area contributed by atoms with Crippen LogP contribution in [0.15, 0.2) is 88.3 Å². The minimum absolute atomic E-state index is 0.0487. The Kier molecular flexibility index (Phi) is 5.98. The molecule has 4 rings (SSSR count). The number of carbonyl (C=O) groups excluding carboxylic acids is 1. The van der Waals surface area contributed by atoms with E-state index in [2.05, 4.69) is 0 Å². The highest BCUT2D eigenvalue weighted by atomic mass is 16.5. The molecule has 0 saturated carbocycles. The number of para-hydroxylation sites is 2. The third-order valence-electron chi connectivity index (χ3n) is 4.55. The summed E-state index contributed by atoms with van der Waals surface area (Å²) < 4.78 is 22.5. The lowest BCUT2D eigenvalue weighted by molar-refractivity contribution is 0.0921. The van der Waals surface area contributed by atoms with Crippen LogP contribution in [0.4, 0.5) is 0 Å². The maximum absolute atomic E-state index is 12.8. The lowest BCUT2D eigenvalue weighted by Crippen LogP contribution is -2.11. The molecule has 4 aromatic rings. The summed E-state index contributed by atoms with van der Waals surface area (Å²) in [4.78, 5) is 25.0. The molecule has 6 heteroatoms. The van der Waals surface area contributed by atoms with Crippen LogP contribution in [0.5, 0.6) is 23.0 Å². The highest BCUT2D eigenvalue weighted by molar-refractivity contribution is 5.97. The third-order valence-corrected chi connectivity index (χ3v) is 4.55. The van der Waals surface area contributed by atoms with Gasteiger partial charge in [-0.3, -0.25) is 9.59 Å². The molecule has 0 bridgehead atoms. The molecule has 0 spiro atoms. The molecule has 0 aliphatic carbocycles. The molecule has 1 heterocycles. The second-order valence-electron chi connectivity index (χ2n) is 6.65. The molecule has 0 aliphatic heterocycles. The lowest BCUT2D eigenvalue weighted by Gasteiger charge is -2.11. The quantitative estimate of drug-likeness (QED) is 0.366. The number of ketones is 1. The monoisotopic (exact) mass is 416 g/mol. The summed E-state index contributed by atoms with van der Waals surface area (Å²) in [7, 11) is 0. The fraction of sp³-hybridized carbons (Fsp3) is 0.120. The van der Waals surface area contributed by atoms with Gasteiger partial charge >= 0.3 is 0 Å². The summed E-state index contributed by atoms with van der Waals surface area (Å²) in [5, 5.41) is 0.341. The van der Waals surface area contributed by atoms with Gasteiger partial charge in [0.2, 0.25) is 11.2 Å². The highest BCUT2D eigenvalue weighted by Crippen LogP contribution is 2.31. The van der Waals surface area contributed by atoms with Crippen LogP contribution in [0.1, 0.15) is 17.3 Å². The largest absolute Gasteiger partial charge is 0.490 e. The van der Waals surface area contributed by atoms with Crippen LogP contribution in [0.3, 0.4) is 0 Å². The van der Waals surface area contributed by atoms with Gasteiger partial charge in [0.05, 0.1) is 12.0 Å². The van der Waals surface area contributed by atoms with Crippen molar-refractivity contribution in [2.45, 2.75) is 6.92 Å². The molecule has 0 aliphatic rings. The minimum atomic E-state index is -0.320. The predicted molar refractivity (Wildman–Crippen MR) is 116 cm³/mol. The maximum atomic E-state index is 12.8. The Hall–Kier alpha value is -4.06. The van der Waals surface area contributed by atoms with E-state index in [1.807, 2.05) is 19.1 Å². The van der Waals surface area contributed by atoms with Gasteiger partial charge in [-0.2, -0.15) is 0 Å². The highest BCUT2D eigenvalue weighted by Gasteiger charge is 2.13. The summed E-state index contributed by atoms with van der Waals surface area (Å²) in [5.74, 6) is 1.30. The van der Waals surface area contributed by atoms with E-state index in [0.29, 0.717) is 40.4 Å². The average molecular weight is 416 g/mol. The summed E-state index contributed by atoms with van der Waals surface area (Å²) in [6.45, 7) is 2.23. The predicted octanol–water partition coefficient (Wildman–Crippen LogP) is 5.25. The van der Waals surface area contributed by atoms with Crippen LogP contribution in [0.2, 0.25) is 0 Å². The molecule has 0 unspecified atom stereocenters. The second kappa shape index (κ2) is 9.17. The van der Waals surface area contributed by atoms with Crippen molar-refractivity contribution >= 4 is 16.8 Å². The molecule has 1 aromatic heterocycles. The SMILES string of the molecule is CCOc1ccccc1Oc1coc2cc(OCC(=O)c3ccccc3)ccc2c1=O. The van der Waals surface area contributed by atoms with Gasteiger partial charge in [0, 0.05) is 11.6 Å². The first kappa shape index (κ1) is 20.2. The van der Waals surface area contributed by atoms with Crippen molar-refractivity contribution in [1.29, 1.82) is 0 Å². The van der Waals surface area contributed by atoms with Gasteiger partial charge in [-0.15, -0.1) is 0 Å². The summed E-state index contributed by atoms with van der Waals surface area (Å²) >= 11 is 0. The molecular formula is C25H20O6. The molecule has 3 aromatic carbocycles. The van der Waals surface area contributed by atoms with Gasteiger partial charge in [0.15, 0.2) is 23.9 Å². The van der Waals surface area contributed by atoms with Gasteiger partial charge in [0.25, 0.3) is 0 Å². The van der Waals surface area contributed by atoms with E-state index in [0.717, 1.165) is 0 Å². The van der Waals surface area contributed by atoms with Gasteiger partial charge in [-0.25, -0.2) is 0 Å². The van der Waals surface area contributed by atoms with Crippen molar-refractivity contribution in [2.24, 2.45) is 0 Å². The molecule has 31 heavy (non-hydrogen) atoms. The van der Waals surface area contributed by atoms with Crippen molar-refractivity contribution in [1.82, 2.24) is 0 Å². The first-order valence-corrected chi connectivity index (χ1v) is 9.82. The Morgan fingerprint density at radius 2 is 1.61 bits per heavy atom. The molecule has 6 nitrogen and oxygen atoms in total. The maximum Gasteiger partial charge on any atom is 0.235 e. The van der Waals surface area contributed by atoms with Crippen LogP contribution < -0.4 is 19.6 Å². The molecule has 0 saturated heterocycles. The van der Waals surface area contributed by atoms with Crippen LogP contribution in [0.25, 0.3) is 11.0 Å². The molecule has 0 radical (unpaired) electrons. The van der Waals surface area contributed by atoms with E-state index >= 15 is 0 Å². The molecule has 156 valence electrons. The zero-order valence-electron chi connectivity index (χ0n) is 16.9. The zero-order valence-corrected chi connectivity index (χ0v) is 16.9. The summed E-state index contributed by atoms with van der Waals surface area (Å²) in [6, 6.07) is 20.8. The number of ether oxygens (including phenoxy) is 3. The molecule has 0 N–H and O–H groups in total. The zero-order chi connectivity index (χ0) is 21.6. The van der Waals surface area contributed by atoms with Crippen molar-refractivity contribution in [3.8, 4) is 23.0 Å². The number of rotatable bonds is 8. The number of hydrogen-bond acceptors (Lipinski definition) is 6. The molecular weight excluding hydrogens is 396 g/mol. The van der Waals surface area contributed by atoms with Gasteiger partial charge in [-0.1, -0.05) is 42.5 Å². The van der Waals surface area contributed by atoms with Crippen molar-refractivity contribution in [3.63, 3.8) is 0 Å². The van der Waals surface area contributed by atoms with Crippen molar-refractivity contribution in [3.05, 3.63) is 94.8 Å². The topological polar surface area (TPSA) is 75.0 Å². The molecule has 0 atom stereocenters. The molecule has 0 fully saturated rings. The van der Waals surface area contributed by atoms with Crippen molar-refractivity contribution in [2.75, 3.05) is 13.2 Å². The van der Waals surface area contributed by atoms with Crippen LogP contribution in [0, 0.1) is 0 Å². The number of carbonyl (C=O) groups is 1. The van der Waals surface area contributed by atoms with E-state index in [1.165, 1.54) is 6.26 Å². The first-order valence-electron chi connectivity index (χ1n) is 9.82. The van der Waals surface area contributed by atoms with E-state index in [-0.39, 0.29) is 23.6 Å². The number of benzene rings is 3. The Labute approximate surface area is 178 Å². The Morgan fingerprint density at radius 1 is 0.871 bits per heavy atom. The fourth-order valence-electron chi connectivity index (χ4n) is 3.04. The summed E-state index contributed by atoms with van der Waals surface area (Å²) in [5.41, 5.74) is 0.587. The van der Waals surface area contributed by atoms with E-state index in [4.69, 9.17) is 18.6 Å². The minimum Gasteiger partial charge on any atom is -0.490 e. The number of hydrogen-bond donors (Lipinski definition) is 0. The third kappa shape index (κ3) is 4.59. The standard InChI is InChI=1S/C25H20O6/c1-2-28-21-10-6-7-11-22(21)31-24-16-30-23-14-18(12-13-19(23)25(24)27)29-15-20(26)17-8-4-3-5-9-17/h3-14,16H,2,15H2,1H3. The Morgan fingerprint density at radius 3 is 2.39 bits per heavy atom. The van der Waals surface area contributed by atoms with E-state index in [9.17, 15) is 9.59 Å². The normalized spacial score (nSPS) is 10.6. The number of Topliss-reactive ketones (excluding diaryl/α,β-unsaturated/α-hetero) is 1. The molecule has 0 amide bonds. The van der Waals surface area contributed by atoms with Gasteiger partial charge in [-0.05, 0) is 31.2 Å². The Balaban J connectivity index is 1.53.